The summed E-state index contributed by atoms with van der Waals surface area (Å²) in [7, 11) is 0. The minimum atomic E-state index is -4.35. The zero-order chi connectivity index (χ0) is 18.0. The van der Waals surface area contributed by atoms with Crippen molar-refractivity contribution in [2.75, 3.05) is 5.32 Å². The maximum absolute atomic E-state index is 12.8. The van der Waals surface area contributed by atoms with Crippen LogP contribution in [0.5, 0.6) is 0 Å². The summed E-state index contributed by atoms with van der Waals surface area (Å²) in [5.41, 5.74) is 0.601. The van der Waals surface area contributed by atoms with Crippen molar-refractivity contribution < 1.29 is 18.0 Å². The van der Waals surface area contributed by atoms with Gasteiger partial charge in [0.1, 0.15) is 5.00 Å². The van der Waals surface area contributed by atoms with Gasteiger partial charge in [-0.1, -0.05) is 31.0 Å². The number of nitrogens with one attached hydrogen (secondary N) is 1. The number of nitrogens with zero attached hydrogens (tertiary/aromatic N) is 1. The molecule has 1 fully saturated rings. The Morgan fingerprint density at radius 2 is 2.04 bits per heavy atom. The summed E-state index contributed by atoms with van der Waals surface area (Å²) in [4.78, 5) is 16.6. The lowest BCUT2D eigenvalue weighted by molar-refractivity contribution is -0.137. The minimum absolute atomic E-state index is 0.0230. The molecule has 0 unspecified atom stereocenters. The number of amides is 1. The van der Waals surface area contributed by atoms with Crippen molar-refractivity contribution >= 4 is 22.2 Å². The fourth-order valence-corrected chi connectivity index (χ4v) is 4.08. The first-order valence-corrected chi connectivity index (χ1v) is 9.08. The van der Waals surface area contributed by atoms with Crippen LogP contribution in [0.2, 0.25) is 0 Å². The van der Waals surface area contributed by atoms with E-state index in [2.05, 4.69) is 10.3 Å². The van der Waals surface area contributed by atoms with Crippen molar-refractivity contribution in [3.8, 4) is 0 Å². The molecule has 3 rings (SSSR count). The van der Waals surface area contributed by atoms with Crippen LogP contribution in [-0.2, 0) is 17.4 Å². The van der Waals surface area contributed by atoms with Gasteiger partial charge in [0.2, 0.25) is 5.91 Å². The number of thiazole rings is 1. The second kappa shape index (κ2) is 7.15. The van der Waals surface area contributed by atoms with Crippen LogP contribution < -0.4 is 5.32 Å². The van der Waals surface area contributed by atoms with Crippen LogP contribution >= 0.6 is 11.3 Å². The van der Waals surface area contributed by atoms with Crippen molar-refractivity contribution in [3.63, 3.8) is 0 Å². The van der Waals surface area contributed by atoms with Gasteiger partial charge in [-0.05, 0) is 31.4 Å². The Kier molecular flexibility index (Phi) is 5.13. The molecule has 2 aromatic rings. The molecular weight excluding hydrogens is 349 g/mol. The zero-order valence-corrected chi connectivity index (χ0v) is 14.6. The third-order valence-corrected chi connectivity index (χ3v) is 5.49. The molecule has 25 heavy (non-hydrogen) atoms. The van der Waals surface area contributed by atoms with Crippen molar-refractivity contribution in [1.82, 2.24) is 4.98 Å². The first kappa shape index (κ1) is 17.9. The molecule has 1 saturated carbocycles. The van der Waals surface area contributed by atoms with Gasteiger partial charge in [0.15, 0.2) is 0 Å². The predicted octanol–water partition coefficient (Wildman–Crippen LogP) is 5.19. The average Bonchev–Trinajstić information content (AvgIpc) is 3.17. The molecule has 1 aliphatic carbocycles. The van der Waals surface area contributed by atoms with Crippen LogP contribution in [0.4, 0.5) is 18.2 Å². The van der Waals surface area contributed by atoms with Crippen LogP contribution in [0.15, 0.2) is 24.3 Å². The topological polar surface area (TPSA) is 42.0 Å². The third-order valence-electron chi connectivity index (χ3n) is 4.41. The number of benzene rings is 1. The van der Waals surface area contributed by atoms with Gasteiger partial charge >= 0.3 is 6.18 Å². The third kappa shape index (κ3) is 4.39. The number of carbonyl (C=O) groups is 1. The lowest BCUT2D eigenvalue weighted by atomic mass is 10.1. The van der Waals surface area contributed by atoms with E-state index in [0.29, 0.717) is 27.7 Å². The highest BCUT2D eigenvalue weighted by Gasteiger charge is 2.30. The molecule has 1 heterocycles. The van der Waals surface area contributed by atoms with Crippen molar-refractivity contribution in [3.05, 3.63) is 46.1 Å². The van der Waals surface area contributed by atoms with Gasteiger partial charge in [-0.3, -0.25) is 4.79 Å². The molecule has 0 atom stereocenters. The van der Waals surface area contributed by atoms with Gasteiger partial charge in [-0.25, -0.2) is 4.98 Å². The highest BCUT2D eigenvalue weighted by Crippen LogP contribution is 2.32. The molecule has 0 aliphatic heterocycles. The van der Waals surface area contributed by atoms with E-state index in [1.807, 2.05) is 0 Å². The Balaban J connectivity index is 1.71. The summed E-state index contributed by atoms with van der Waals surface area (Å²) < 4.78 is 38.4. The number of carbonyl (C=O) groups excluding carboxylic acids is 1. The van der Waals surface area contributed by atoms with E-state index in [9.17, 15) is 18.0 Å². The van der Waals surface area contributed by atoms with Gasteiger partial charge in [-0.15, -0.1) is 11.3 Å². The molecule has 0 radical (unpaired) electrons. The lowest BCUT2D eigenvalue weighted by Crippen LogP contribution is -2.20. The molecule has 0 spiro atoms. The Bertz CT molecular complexity index is 764. The van der Waals surface area contributed by atoms with Crippen LogP contribution in [-0.4, -0.2) is 10.9 Å². The fraction of sp³-hybridized carbons (Fsp3) is 0.444. The Morgan fingerprint density at radius 3 is 2.72 bits per heavy atom. The SMILES string of the molecule is Cc1nc(Cc2cccc(C(F)(F)F)c2)sc1NC(=O)C1CCCC1. The van der Waals surface area contributed by atoms with Crippen molar-refractivity contribution in [2.24, 2.45) is 5.92 Å². The molecule has 1 aromatic carbocycles. The molecule has 1 aromatic heterocycles. The van der Waals surface area contributed by atoms with E-state index in [0.717, 1.165) is 37.8 Å². The number of anilines is 1. The Morgan fingerprint density at radius 1 is 1.32 bits per heavy atom. The van der Waals surface area contributed by atoms with Gasteiger partial charge in [0.05, 0.1) is 16.3 Å². The Labute approximate surface area is 148 Å². The van der Waals surface area contributed by atoms with E-state index < -0.39 is 11.7 Å². The number of rotatable bonds is 4. The predicted molar refractivity (Wildman–Crippen MR) is 91.7 cm³/mol. The highest BCUT2D eigenvalue weighted by molar-refractivity contribution is 7.16. The first-order valence-electron chi connectivity index (χ1n) is 8.26. The molecule has 0 saturated heterocycles. The molecule has 134 valence electrons. The molecule has 3 nitrogen and oxygen atoms in total. The summed E-state index contributed by atoms with van der Waals surface area (Å²) in [5.74, 6) is 0.0864. The number of aryl methyl sites for hydroxylation is 1. The van der Waals surface area contributed by atoms with Gasteiger partial charge < -0.3 is 5.32 Å². The summed E-state index contributed by atoms with van der Waals surface area (Å²) in [5, 5.41) is 4.32. The molecule has 1 N–H and O–H groups in total. The maximum atomic E-state index is 12.8. The number of aromatic nitrogens is 1. The zero-order valence-electron chi connectivity index (χ0n) is 13.8. The minimum Gasteiger partial charge on any atom is -0.316 e. The van der Waals surface area contributed by atoms with Crippen molar-refractivity contribution in [2.45, 2.75) is 45.2 Å². The normalized spacial score (nSPS) is 15.5. The quantitative estimate of drug-likeness (QED) is 0.807. The average molecular weight is 368 g/mol. The molecule has 7 heteroatoms. The van der Waals surface area contributed by atoms with E-state index in [1.54, 1.807) is 13.0 Å². The number of hydrogen-bond donors (Lipinski definition) is 1. The molecule has 1 amide bonds. The fourth-order valence-electron chi connectivity index (χ4n) is 3.08. The van der Waals surface area contributed by atoms with Crippen LogP contribution in [0.1, 0.15) is 47.5 Å². The van der Waals surface area contributed by atoms with Crippen LogP contribution in [0.25, 0.3) is 0 Å². The van der Waals surface area contributed by atoms with Gasteiger partial charge in [0.25, 0.3) is 0 Å². The maximum Gasteiger partial charge on any atom is 0.416 e. The first-order chi connectivity index (χ1) is 11.8. The summed E-state index contributed by atoms with van der Waals surface area (Å²) >= 11 is 1.33. The number of hydrogen-bond acceptors (Lipinski definition) is 3. The van der Waals surface area contributed by atoms with Crippen LogP contribution in [0, 0.1) is 12.8 Å². The van der Waals surface area contributed by atoms with E-state index >= 15 is 0 Å². The highest BCUT2D eigenvalue weighted by atomic mass is 32.1. The largest absolute Gasteiger partial charge is 0.416 e. The Hall–Kier alpha value is -1.89. The van der Waals surface area contributed by atoms with Gasteiger partial charge in [0, 0.05) is 12.3 Å². The molecular formula is C18H19F3N2OS. The van der Waals surface area contributed by atoms with Crippen molar-refractivity contribution in [1.29, 1.82) is 0 Å². The summed E-state index contributed by atoms with van der Waals surface area (Å²) in [6.45, 7) is 1.80. The van der Waals surface area contributed by atoms with Crippen LogP contribution in [0.3, 0.4) is 0 Å². The van der Waals surface area contributed by atoms with E-state index in [1.165, 1.54) is 17.4 Å². The number of halogens is 3. The number of alkyl halides is 3. The second-order valence-electron chi connectivity index (χ2n) is 6.37. The monoisotopic (exact) mass is 368 g/mol. The smallest absolute Gasteiger partial charge is 0.316 e. The second-order valence-corrected chi connectivity index (χ2v) is 7.45. The molecule has 0 bridgehead atoms. The molecule has 1 aliphatic rings. The summed E-state index contributed by atoms with van der Waals surface area (Å²) in [6, 6.07) is 5.27. The standard InChI is InChI=1S/C18H19F3N2OS/c1-11-17(23-16(24)13-6-2-3-7-13)25-15(22-11)10-12-5-4-8-14(9-12)18(19,20)21/h4-5,8-9,13H,2-3,6-7,10H2,1H3,(H,23,24). The van der Waals surface area contributed by atoms with Gasteiger partial charge in [-0.2, -0.15) is 13.2 Å². The summed E-state index contributed by atoms with van der Waals surface area (Å²) in [6.07, 6.45) is -0.0351. The van der Waals surface area contributed by atoms with E-state index in [-0.39, 0.29) is 11.8 Å². The lowest BCUT2D eigenvalue weighted by Gasteiger charge is -2.08. The van der Waals surface area contributed by atoms with E-state index in [4.69, 9.17) is 0 Å².